The fourth-order valence-corrected chi connectivity index (χ4v) is 1.41. The van der Waals surface area contributed by atoms with Gasteiger partial charge in [-0.3, -0.25) is 0 Å². The second-order valence-corrected chi connectivity index (χ2v) is 3.34. The summed E-state index contributed by atoms with van der Waals surface area (Å²) in [7, 11) is 1.57. The minimum Gasteiger partial charge on any atom is -0.480 e. The summed E-state index contributed by atoms with van der Waals surface area (Å²) in [5, 5.41) is 7.99. The molecule has 0 fully saturated rings. The van der Waals surface area contributed by atoms with Gasteiger partial charge in [-0.2, -0.15) is 0 Å². The van der Waals surface area contributed by atoms with Crippen LogP contribution in [0, 0.1) is 18.8 Å². The molecule has 83 valence electrons. The Bertz CT molecular complexity index is 548. The van der Waals surface area contributed by atoms with Crippen molar-refractivity contribution in [3.8, 4) is 29.0 Å². The van der Waals surface area contributed by atoms with E-state index in [-0.39, 0.29) is 0 Å². The summed E-state index contributed by atoms with van der Waals surface area (Å²) >= 11 is 0. The van der Waals surface area contributed by atoms with Gasteiger partial charge < -0.3 is 4.74 Å². The average Bonchev–Trinajstić information content (AvgIpc) is 2.40. The number of hydrogen-bond acceptors (Lipinski definition) is 3. The maximum Gasteiger partial charge on any atom is 0.233 e. The molecular weight excluding hydrogens is 212 g/mol. The molecule has 0 unspecified atom stereocenters. The number of rotatable bonds is 2. The Kier molecular flexibility index (Phi) is 3.37. The summed E-state index contributed by atoms with van der Waals surface area (Å²) in [6, 6.07) is 11.4. The van der Waals surface area contributed by atoms with E-state index in [1.165, 1.54) is 0 Å². The first-order valence-electron chi connectivity index (χ1n) is 5.10. The van der Waals surface area contributed by atoms with Crippen LogP contribution in [0.1, 0.15) is 5.56 Å². The van der Waals surface area contributed by atoms with Gasteiger partial charge in [0.1, 0.15) is 0 Å². The predicted octanol–water partition coefficient (Wildman–Crippen LogP) is 2.34. The van der Waals surface area contributed by atoms with Crippen LogP contribution >= 0.6 is 0 Å². The predicted molar refractivity (Wildman–Crippen MR) is 66.3 cm³/mol. The van der Waals surface area contributed by atoms with Crippen molar-refractivity contribution < 1.29 is 4.74 Å². The molecule has 1 heterocycles. The third kappa shape index (κ3) is 2.61. The van der Waals surface area contributed by atoms with Crippen molar-refractivity contribution in [3.05, 3.63) is 48.9 Å². The molecule has 0 saturated carbocycles. The quantitative estimate of drug-likeness (QED) is 0.733. The van der Waals surface area contributed by atoms with Gasteiger partial charge in [0.2, 0.25) is 5.88 Å². The Morgan fingerprint density at radius 2 is 1.82 bits per heavy atom. The van der Waals surface area contributed by atoms with Crippen LogP contribution in [0.25, 0.3) is 11.3 Å². The van der Waals surface area contributed by atoms with E-state index < -0.39 is 0 Å². The van der Waals surface area contributed by atoms with Crippen molar-refractivity contribution >= 4 is 0 Å². The van der Waals surface area contributed by atoms with Gasteiger partial charge in [0.15, 0.2) is 0 Å². The first-order chi connectivity index (χ1) is 8.33. The van der Waals surface area contributed by atoms with Crippen molar-refractivity contribution in [3.63, 3.8) is 0 Å². The van der Waals surface area contributed by atoms with Crippen LogP contribution in [-0.2, 0) is 0 Å². The van der Waals surface area contributed by atoms with E-state index in [9.17, 15) is 0 Å². The number of nitrogens with zero attached hydrogens (tertiary/aromatic N) is 2. The minimum atomic E-state index is 0.508. The topological polar surface area (TPSA) is 35.0 Å². The molecule has 0 saturated heterocycles. The summed E-state index contributed by atoms with van der Waals surface area (Å²) in [5.41, 5.74) is 2.74. The Labute approximate surface area is 100 Å². The highest BCUT2D eigenvalue weighted by molar-refractivity contribution is 5.60. The lowest BCUT2D eigenvalue weighted by molar-refractivity contribution is 0.392. The molecule has 0 N–H and O–H groups in total. The maximum atomic E-state index is 4.96. The lowest BCUT2D eigenvalue weighted by atomic mass is 10.1. The van der Waals surface area contributed by atoms with E-state index in [2.05, 4.69) is 29.0 Å². The Hall–Kier alpha value is -2.34. The lowest BCUT2D eigenvalue weighted by Crippen LogP contribution is -1.91. The number of benzene rings is 1. The first kappa shape index (κ1) is 11.2. The SMILES string of the molecule is [CH2]C#Cc1ccc(-c2ccc(OC)nn2)cc1. The molecule has 0 amide bonds. The third-order valence-electron chi connectivity index (χ3n) is 2.26. The normalized spacial score (nSPS) is 9.29. The molecule has 0 bridgehead atoms. The molecule has 3 heteroatoms. The zero-order chi connectivity index (χ0) is 12.1. The molecule has 2 rings (SSSR count). The van der Waals surface area contributed by atoms with Gasteiger partial charge >= 0.3 is 0 Å². The first-order valence-corrected chi connectivity index (χ1v) is 5.10. The molecule has 17 heavy (non-hydrogen) atoms. The van der Waals surface area contributed by atoms with Gasteiger partial charge in [-0.05, 0) is 18.2 Å². The molecule has 1 aromatic heterocycles. The van der Waals surface area contributed by atoms with Crippen LogP contribution in [0.15, 0.2) is 36.4 Å². The highest BCUT2D eigenvalue weighted by Gasteiger charge is 2.00. The molecule has 0 spiro atoms. The molecule has 0 aliphatic rings. The van der Waals surface area contributed by atoms with E-state index in [4.69, 9.17) is 4.74 Å². The van der Waals surface area contributed by atoms with Gasteiger partial charge in [-0.15, -0.1) is 10.2 Å². The molecular formula is C14H11N2O. The Morgan fingerprint density at radius 1 is 1.06 bits per heavy atom. The van der Waals surface area contributed by atoms with E-state index >= 15 is 0 Å². The molecule has 3 nitrogen and oxygen atoms in total. The summed E-state index contributed by atoms with van der Waals surface area (Å²) in [6.07, 6.45) is 0. The molecule has 1 aromatic carbocycles. The zero-order valence-electron chi connectivity index (χ0n) is 9.47. The van der Waals surface area contributed by atoms with E-state index in [0.717, 1.165) is 16.8 Å². The standard InChI is InChI=1S/C14H11N2O/c1-3-4-11-5-7-12(8-6-11)13-9-10-14(17-2)16-15-13/h5-10H,1H2,2H3. The number of hydrogen-bond donors (Lipinski definition) is 0. The van der Waals surface area contributed by atoms with Crippen LogP contribution < -0.4 is 4.74 Å². The Morgan fingerprint density at radius 3 is 2.35 bits per heavy atom. The van der Waals surface area contributed by atoms with Crippen LogP contribution in [0.5, 0.6) is 5.88 Å². The number of ether oxygens (including phenoxy) is 1. The highest BCUT2D eigenvalue weighted by atomic mass is 16.5. The van der Waals surface area contributed by atoms with Crippen LogP contribution in [0.4, 0.5) is 0 Å². The van der Waals surface area contributed by atoms with Crippen molar-refractivity contribution in [2.75, 3.05) is 7.11 Å². The van der Waals surface area contributed by atoms with Crippen molar-refractivity contribution in [1.82, 2.24) is 10.2 Å². The number of aromatic nitrogens is 2. The van der Waals surface area contributed by atoms with Crippen LogP contribution in [-0.4, -0.2) is 17.3 Å². The fraction of sp³-hybridized carbons (Fsp3) is 0.0714. The van der Waals surface area contributed by atoms with Gasteiger partial charge in [0.05, 0.1) is 12.8 Å². The maximum absolute atomic E-state index is 4.96. The van der Waals surface area contributed by atoms with E-state index in [1.54, 1.807) is 13.2 Å². The van der Waals surface area contributed by atoms with Crippen molar-refractivity contribution in [2.45, 2.75) is 0 Å². The second kappa shape index (κ2) is 5.13. The van der Waals surface area contributed by atoms with Gasteiger partial charge in [0, 0.05) is 24.1 Å². The molecule has 0 aliphatic heterocycles. The van der Waals surface area contributed by atoms with Crippen LogP contribution in [0.3, 0.4) is 0 Å². The second-order valence-electron chi connectivity index (χ2n) is 3.34. The summed E-state index contributed by atoms with van der Waals surface area (Å²) in [4.78, 5) is 0. The third-order valence-corrected chi connectivity index (χ3v) is 2.26. The average molecular weight is 223 g/mol. The monoisotopic (exact) mass is 223 g/mol. The lowest BCUT2D eigenvalue weighted by Gasteiger charge is -2.01. The molecule has 1 radical (unpaired) electrons. The van der Waals surface area contributed by atoms with Gasteiger partial charge in [-0.25, -0.2) is 0 Å². The van der Waals surface area contributed by atoms with E-state index in [0.29, 0.717) is 5.88 Å². The molecule has 2 aromatic rings. The molecule has 0 atom stereocenters. The van der Waals surface area contributed by atoms with E-state index in [1.807, 2.05) is 30.3 Å². The fourth-order valence-electron chi connectivity index (χ4n) is 1.41. The smallest absolute Gasteiger partial charge is 0.233 e. The number of methoxy groups -OCH3 is 1. The van der Waals surface area contributed by atoms with Crippen molar-refractivity contribution in [2.24, 2.45) is 0 Å². The van der Waals surface area contributed by atoms with Crippen LogP contribution in [0.2, 0.25) is 0 Å². The van der Waals surface area contributed by atoms with Gasteiger partial charge in [-0.1, -0.05) is 24.0 Å². The molecule has 0 aliphatic carbocycles. The largest absolute Gasteiger partial charge is 0.480 e. The summed E-state index contributed by atoms with van der Waals surface area (Å²) in [6.45, 7) is 3.48. The van der Waals surface area contributed by atoms with Crippen molar-refractivity contribution in [1.29, 1.82) is 0 Å². The highest BCUT2D eigenvalue weighted by Crippen LogP contribution is 2.17. The Balaban J connectivity index is 2.28. The zero-order valence-corrected chi connectivity index (χ0v) is 9.47. The summed E-state index contributed by atoms with van der Waals surface area (Å²) in [5.74, 6) is 6.01. The van der Waals surface area contributed by atoms with Gasteiger partial charge in [0.25, 0.3) is 0 Å². The summed E-state index contributed by atoms with van der Waals surface area (Å²) < 4.78 is 4.96. The minimum absolute atomic E-state index is 0.508.